The maximum atomic E-state index is 12.1. The highest BCUT2D eigenvalue weighted by Crippen LogP contribution is 2.31. The largest absolute Gasteiger partial charge is 0.478 e. The number of aromatic carboxylic acids is 1. The van der Waals surface area contributed by atoms with Gasteiger partial charge in [-0.2, -0.15) is 18.3 Å². The molecule has 1 aromatic rings. The second-order valence-electron chi connectivity index (χ2n) is 2.62. The number of carbonyl (C=O) groups is 1. The monoisotopic (exact) mass is 263 g/mol. The van der Waals surface area contributed by atoms with Gasteiger partial charge in [0, 0.05) is 12.4 Å². The number of hydrogen-bond acceptors (Lipinski definition) is 5. The van der Waals surface area contributed by atoms with Crippen LogP contribution in [0.1, 0.15) is 15.9 Å². The van der Waals surface area contributed by atoms with Gasteiger partial charge in [0.2, 0.25) is 0 Å². The number of pyridine rings is 1. The second kappa shape index (κ2) is 6.93. The average Bonchev–Trinajstić information content (AvgIpc) is 2.30. The average molecular weight is 263 g/mol. The van der Waals surface area contributed by atoms with Crippen LogP contribution in [0.15, 0.2) is 28.7 Å². The van der Waals surface area contributed by atoms with E-state index in [4.69, 9.17) is 10.6 Å². The molecule has 0 unspecified atom stereocenters. The maximum Gasteiger partial charge on any atom is 0.417 e. The SMILES string of the molecule is N=NC=NN.O=C(O)c1cnccc1C(F)(F)F. The number of aromatic nitrogens is 1. The molecule has 1 heterocycles. The Kier molecular flexibility index (Phi) is 5.96. The summed E-state index contributed by atoms with van der Waals surface area (Å²) < 4.78 is 36.4. The molecule has 0 fully saturated rings. The summed E-state index contributed by atoms with van der Waals surface area (Å²) in [6.45, 7) is 0. The van der Waals surface area contributed by atoms with Gasteiger partial charge >= 0.3 is 12.1 Å². The molecule has 18 heavy (non-hydrogen) atoms. The van der Waals surface area contributed by atoms with Crippen LogP contribution in [0.2, 0.25) is 0 Å². The maximum absolute atomic E-state index is 12.1. The van der Waals surface area contributed by atoms with Crippen LogP contribution < -0.4 is 5.84 Å². The van der Waals surface area contributed by atoms with E-state index in [2.05, 4.69) is 21.0 Å². The number of nitrogens with one attached hydrogen (secondary N) is 1. The predicted octanol–water partition coefficient (Wildman–Crippen LogP) is 1.72. The highest BCUT2D eigenvalue weighted by atomic mass is 19.4. The topological polar surface area (TPSA) is 125 Å². The molecular weight excluding hydrogens is 255 g/mol. The molecule has 7 nitrogen and oxygen atoms in total. The van der Waals surface area contributed by atoms with E-state index in [0.29, 0.717) is 12.3 Å². The van der Waals surface area contributed by atoms with E-state index in [9.17, 15) is 18.0 Å². The number of carboxylic acid groups (broad SMARTS) is 1. The van der Waals surface area contributed by atoms with Gasteiger partial charge in [-0.1, -0.05) is 0 Å². The molecule has 0 bridgehead atoms. The summed E-state index contributed by atoms with van der Waals surface area (Å²) in [7, 11) is 0. The third kappa shape index (κ3) is 5.01. The molecule has 10 heteroatoms. The van der Waals surface area contributed by atoms with Gasteiger partial charge in [-0.3, -0.25) is 4.98 Å². The molecule has 0 amide bonds. The first-order valence-corrected chi connectivity index (χ1v) is 4.17. The molecule has 1 rings (SSSR count). The zero-order valence-electron chi connectivity index (χ0n) is 8.72. The van der Waals surface area contributed by atoms with Crippen LogP contribution in [0.4, 0.5) is 13.2 Å². The third-order valence-corrected chi connectivity index (χ3v) is 1.48. The Morgan fingerprint density at radius 3 is 2.44 bits per heavy atom. The van der Waals surface area contributed by atoms with Crippen LogP contribution in [-0.2, 0) is 6.18 Å². The molecule has 98 valence electrons. The van der Waals surface area contributed by atoms with Crippen molar-refractivity contribution in [2.75, 3.05) is 0 Å². The molecule has 0 aliphatic rings. The van der Waals surface area contributed by atoms with E-state index in [0.717, 1.165) is 12.5 Å². The minimum absolute atomic E-state index is 0.628. The Morgan fingerprint density at radius 2 is 2.17 bits per heavy atom. The smallest absolute Gasteiger partial charge is 0.417 e. The van der Waals surface area contributed by atoms with E-state index in [1.807, 2.05) is 0 Å². The number of hydrazone groups is 1. The van der Waals surface area contributed by atoms with Crippen LogP contribution in [-0.4, -0.2) is 22.4 Å². The van der Waals surface area contributed by atoms with Crippen molar-refractivity contribution >= 4 is 12.3 Å². The van der Waals surface area contributed by atoms with E-state index in [1.165, 1.54) is 0 Å². The summed E-state index contributed by atoms with van der Waals surface area (Å²) in [4.78, 5) is 13.6. The summed E-state index contributed by atoms with van der Waals surface area (Å²) in [6.07, 6.45) is -2.14. The highest BCUT2D eigenvalue weighted by molar-refractivity contribution is 5.89. The Morgan fingerprint density at radius 1 is 1.56 bits per heavy atom. The fourth-order valence-corrected chi connectivity index (χ4v) is 0.845. The van der Waals surface area contributed by atoms with Crippen molar-refractivity contribution in [2.45, 2.75) is 6.18 Å². The lowest BCUT2D eigenvalue weighted by atomic mass is 10.1. The Hall–Kier alpha value is -2.52. The van der Waals surface area contributed by atoms with Gasteiger partial charge in [0.05, 0.1) is 11.1 Å². The van der Waals surface area contributed by atoms with Crippen LogP contribution in [0.5, 0.6) is 0 Å². The summed E-state index contributed by atoms with van der Waals surface area (Å²) in [5.74, 6) is 2.86. The van der Waals surface area contributed by atoms with Crippen molar-refractivity contribution in [1.82, 2.24) is 4.98 Å². The molecule has 0 radical (unpaired) electrons. The predicted molar refractivity (Wildman–Crippen MR) is 54.0 cm³/mol. The molecule has 0 atom stereocenters. The zero-order chi connectivity index (χ0) is 14.2. The standard InChI is InChI=1S/C7H4F3NO2.CH4N4/c8-7(9,10)5-1-2-11-3-4(5)6(12)13;2-4-1-5-3/h1-3H,(H,12,13);1-2H,3H2. The van der Waals surface area contributed by atoms with Crippen molar-refractivity contribution in [3.63, 3.8) is 0 Å². The Balaban J connectivity index is 0.000000494. The van der Waals surface area contributed by atoms with Gasteiger partial charge < -0.3 is 10.9 Å². The normalized spacial score (nSPS) is 10.6. The minimum Gasteiger partial charge on any atom is -0.478 e. The van der Waals surface area contributed by atoms with Gasteiger partial charge in [0.25, 0.3) is 0 Å². The minimum atomic E-state index is -4.66. The molecular formula is C8H8F3N5O2. The number of nitrogens with zero attached hydrogens (tertiary/aromatic N) is 3. The van der Waals surface area contributed by atoms with Gasteiger partial charge in [-0.25, -0.2) is 10.3 Å². The van der Waals surface area contributed by atoms with Crippen molar-refractivity contribution < 1.29 is 23.1 Å². The van der Waals surface area contributed by atoms with Crippen LogP contribution in [0.3, 0.4) is 0 Å². The zero-order valence-corrected chi connectivity index (χ0v) is 8.72. The van der Waals surface area contributed by atoms with E-state index in [-0.39, 0.29) is 0 Å². The van der Waals surface area contributed by atoms with Crippen LogP contribution in [0, 0.1) is 5.53 Å². The lowest BCUT2D eigenvalue weighted by Gasteiger charge is -2.08. The summed E-state index contributed by atoms with van der Waals surface area (Å²) in [6, 6.07) is 0.628. The fraction of sp³-hybridized carbons (Fsp3) is 0.125. The first-order valence-electron chi connectivity index (χ1n) is 4.17. The number of hydrogen-bond donors (Lipinski definition) is 3. The van der Waals surface area contributed by atoms with E-state index < -0.39 is 23.3 Å². The Labute approximate surface area is 98.6 Å². The Bertz CT molecular complexity index is 447. The number of carboxylic acids is 1. The molecule has 0 aliphatic carbocycles. The van der Waals surface area contributed by atoms with Gasteiger partial charge in [-0.05, 0) is 6.07 Å². The van der Waals surface area contributed by atoms with Crippen LogP contribution >= 0.6 is 0 Å². The van der Waals surface area contributed by atoms with Crippen molar-refractivity contribution in [3.8, 4) is 0 Å². The van der Waals surface area contributed by atoms with Gasteiger partial charge in [0.1, 0.15) is 0 Å². The lowest BCUT2D eigenvalue weighted by molar-refractivity contribution is -0.138. The number of alkyl halides is 3. The van der Waals surface area contributed by atoms with Gasteiger partial charge in [-0.15, -0.1) is 5.11 Å². The van der Waals surface area contributed by atoms with Crippen molar-refractivity contribution in [3.05, 3.63) is 29.6 Å². The molecule has 0 spiro atoms. The summed E-state index contributed by atoms with van der Waals surface area (Å²) >= 11 is 0. The molecule has 1 aromatic heterocycles. The highest BCUT2D eigenvalue weighted by Gasteiger charge is 2.35. The fourth-order valence-electron chi connectivity index (χ4n) is 0.845. The summed E-state index contributed by atoms with van der Waals surface area (Å²) in [5, 5.41) is 14.0. The lowest BCUT2D eigenvalue weighted by Crippen LogP contribution is -2.12. The van der Waals surface area contributed by atoms with Crippen molar-refractivity contribution in [2.24, 2.45) is 16.1 Å². The van der Waals surface area contributed by atoms with E-state index >= 15 is 0 Å². The van der Waals surface area contributed by atoms with Crippen LogP contribution in [0.25, 0.3) is 0 Å². The van der Waals surface area contributed by atoms with E-state index in [1.54, 1.807) is 0 Å². The molecule has 0 aromatic carbocycles. The molecule has 0 saturated carbocycles. The number of halogens is 3. The third-order valence-electron chi connectivity index (χ3n) is 1.48. The quantitative estimate of drug-likeness (QED) is 0.247. The first-order chi connectivity index (χ1) is 8.34. The molecule has 0 aliphatic heterocycles. The van der Waals surface area contributed by atoms with Crippen molar-refractivity contribution in [1.29, 1.82) is 5.53 Å². The summed E-state index contributed by atoms with van der Waals surface area (Å²) in [5.41, 5.74) is 3.98. The second-order valence-corrected chi connectivity index (χ2v) is 2.62. The number of nitrogens with two attached hydrogens (primary N) is 1. The molecule has 0 saturated heterocycles. The molecule has 4 N–H and O–H groups in total. The number of rotatable bonds is 2. The van der Waals surface area contributed by atoms with Gasteiger partial charge in [0.15, 0.2) is 6.34 Å². The first kappa shape index (κ1) is 15.5.